The van der Waals surface area contributed by atoms with Gasteiger partial charge in [-0.05, 0) is 80.3 Å². The summed E-state index contributed by atoms with van der Waals surface area (Å²) < 4.78 is 5.53. The Morgan fingerprint density at radius 2 is 1.71 bits per heavy atom. The number of amides is 1. The van der Waals surface area contributed by atoms with Gasteiger partial charge in [0.25, 0.3) is 5.91 Å². The average molecular weight is 377 g/mol. The predicted molar refractivity (Wildman–Crippen MR) is 110 cm³/mol. The summed E-state index contributed by atoms with van der Waals surface area (Å²) in [5.74, 6) is 2.39. The van der Waals surface area contributed by atoms with Crippen LogP contribution in [0.25, 0.3) is 0 Å². The van der Waals surface area contributed by atoms with Gasteiger partial charge in [-0.3, -0.25) is 9.59 Å². The van der Waals surface area contributed by atoms with E-state index in [0.29, 0.717) is 23.7 Å². The fourth-order valence-electron chi connectivity index (χ4n) is 4.76. The summed E-state index contributed by atoms with van der Waals surface area (Å²) >= 11 is 0. The molecule has 28 heavy (non-hydrogen) atoms. The zero-order valence-corrected chi connectivity index (χ0v) is 16.6. The second kappa shape index (κ2) is 7.78. The Morgan fingerprint density at radius 3 is 2.32 bits per heavy atom. The second-order valence-electron chi connectivity index (χ2n) is 8.34. The van der Waals surface area contributed by atoms with Crippen LogP contribution in [0.3, 0.4) is 0 Å². The Bertz CT molecular complexity index is 856. The van der Waals surface area contributed by atoms with E-state index in [2.05, 4.69) is 0 Å². The van der Waals surface area contributed by atoms with Gasteiger partial charge < -0.3 is 9.64 Å². The largest absolute Gasteiger partial charge is 0.427 e. The molecule has 3 atom stereocenters. The van der Waals surface area contributed by atoms with Crippen LogP contribution in [0.1, 0.15) is 48.0 Å². The van der Waals surface area contributed by atoms with Gasteiger partial charge in [-0.15, -0.1) is 0 Å². The Labute approximate surface area is 166 Å². The number of rotatable bonds is 5. The topological polar surface area (TPSA) is 46.6 Å². The molecule has 4 rings (SSSR count). The molecular formula is C24H27NO3. The van der Waals surface area contributed by atoms with Gasteiger partial charge in [0.05, 0.1) is 0 Å². The maximum atomic E-state index is 12.6. The average Bonchev–Trinajstić information content (AvgIpc) is 3.31. The van der Waals surface area contributed by atoms with Gasteiger partial charge in [0.1, 0.15) is 5.75 Å². The molecule has 0 spiro atoms. The lowest BCUT2D eigenvalue weighted by atomic mass is 9.86. The van der Waals surface area contributed by atoms with Gasteiger partial charge >= 0.3 is 5.97 Å². The third-order valence-corrected chi connectivity index (χ3v) is 6.37. The summed E-state index contributed by atoms with van der Waals surface area (Å²) in [6.07, 6.45) is 5.62. The van der Waals surface area contributed by atoms with Crippen LogP contribution in [-0.2, 0) is 4.79 Å². The molecule has 2 fully saturated rings. The minimum absolute atomic E-state index is 0.0685. The molecule has 0 aromatic heterocycles. The molecule has 146 valence electrons. The normalized spacial score (nSPS) is 22.9. The van der Waals surface area contributed by atoms with Crippen molar-refractivity contribution in [3.63, 3.8) is 0 Å². The lowest BCUT2D eigenvalue weighted by molar-refractivity contribution is -0.135. The van der Waals surface area contributed by atoms with Gasteiger partial charge in [0.2, 0.25) is 0 Å². The van der Waals surface area contributed by atoms with E-state index in [9.17, 15) is 9.59 Å². The lowest BCUT2D eigenvalue weighted by Crippen LogP contribution is -2.26. The summed E-state index contributed by atoms with van der Waals surface area (Å²) in [4.78, 5) is 26.5. The van der Waals surface area contributed by atoms with Crippen molar-refractivity contribution in [2.45, 2.75) is 39.0 Å². The van der Waals surface area contributed by atoms with Crippen LogP contribution in [0, 0.1) is 24.7 Å². The summed E-state index contributed by atoms with van der Waals surface area (Å²) in [7, 11) is 1.75. The number of aryl methyl sites for hydroxylation is 1. The Hall–Kier alpha value is -2.62. The van der Waals surface area contributed by atoms with Gasteiger partial charge in [0.15, 0.2) is 0 Å². The van der Waals surface area contributed by atoms with Crippen molar-refractivity contribution in [3.8, 4) is 5.75 Å². The smallest absolute Gasteiger partial charge is 0.311 e. The van der Waals surface area contributed by atoms with Crippen molar-refractivity contribution in [3.05, 3.63) is 59.7 Å². The van der Waals surface area contributed by atoms with Crippen molar-refractivity contribution in [2.75, 3.05) is 11.9 Å². The standard InChI is InChI=1S/C24H27NO3/c1-16-3-6-18(7-4-16)24(27)25(2)21-9-11-22(12-10-21)28-23(26)15-20-14-17-5-8-19(20)13-17/h3-4,6-7,9-12,17,19-20H,5,8,13-15H2,1-2H3/t17-,19-,20+/m0/s1. The number of anilines is 1. The first-order chi connectivity index (χ1) is 13.5. The maximum absolute atomic E-state index is 12.6. The van der Waals surface area contributed by atoms with E-state index in [1.807, 2.05) is 43.3 Å². The molecule has 4 nitrogen and oxygen atoms in total. The third kappa shape index (κ3) is 3.96. The van der Waals surface area contributed by atoms with Crippen molar-refractivity contribution < 1.29 is 14.3 Å². The Morgan fingerprint density at radius 1 is 1.00 bits per heavy atom. The molecular weight excluding hydrogens is 350 g/mol. The monoisotopic (exact) mass is 377 g/mol. The molecule has 0 heterocycles. The molecule has 2 aliphatic rings. The van der Waals surface area contributed by atoms with Crippen LogP contribution < -0.4 is 9.64 Å². The van der Waals surface area contributed by atoms with Crippen molar-refractivity contribution in [1.82, 2.24) is 0 Å². The molecule has 0 aliphatic heterocycles. The van der Waals surface area contributed by atoms with E-state index in [1.165, 1.54) is 25.7 Å². The SMILES string of the molecule is Cc1ccc(C(=O)N(C)c2ccc(OC(=O)C[C@H]3C[C@H]4CC[C@H]3C4)cc2)cc1. The van der Waals surface area contributed by atoms with E-state index in [1.54, 1.807) is 24.1 Å². The summed E-state index contributed by atoms with van der Waals surface area (Å²) in [5, 5.41) is 0. The van der Waals surface area contributed by atoms with Crippen LogP contribution in [0.5, 0.6) is 5.75 Å². The van der Waals surface area contributed by atoms with Crippen molar-refractivity contribution in [1.29, 1.82) is 0 Å². The zero-order valence-electron chi connectivity index (χ0n) is 16.6. The first-order valence-electron chi connectivity index (χ1n) is 10.1. The van der Waals surface area contributed by atoms with Crippen molar-refractivity contribution >= 4 is 17.6 Å². The molecule has 0 N–H and O–H groups in total. The predicted octanol–water partition coefficient (Wildman–Crippen LogP) is 5.00. The van der Waals surface area contributed by atoms with Gasteiger partial charge in [-0.2, -0.15) is 0 Å². The molecule has 2 bridgehead atoms. The number of carbonyl (C=O) groups excluding carboxylic acids is 2. The van der Waals surface area contributed by atoms with E-state index in [-0.39, 0.29) is 11.9 Å². The highest BCUT2D eigenvalue weighted by Gasteiger charge is 2.40. The minimum atomic E-state index is -0.144. The number of nitrogens with zero attached hydrogens (tertiary/aromatic N) is 1. The fraction of sp³-hybridized carbons (Fsp3) is 0.417. The Balaban J connectivity index is 1.34. The molecule has 2 aromatic carbocycles. The molecule has 2 aliphatic carbocycles. The Kier molecular flexibility index (Phi) is 5.21. The number of benzene rings is 2. The van der Waals surface area contributed by atoms with Crippen LogP contribution >= 0.6 is 0 Å². The lowest BCUT2D eigenvalue weighted by Gasteiger charge is -2.20. The summed E-state index contributed by atoms with van der Waals surface area (Å²) in [6.45, 7) is 2.00. The number of fused-ring (bicyclic) bond motifs is 2. The quantitative estimate of drug-likeness (QED) is 0.544. The van der Waals surface area contributed by atoms with Gasteiger partial charge in [-0.25, -0.2) is 0 Å². The molecule has 1 amide bonds. The highest BCUT2D eigenvalue weighted by atomic mass is 16.5. The highest BCUT2D eigenvalue weighted by molar-refractivity contribution is 6.05. The molecule has 0 unspecified atom stereocenters. The zero-order chi connectivity index (χ0) is 19.7. The van der Waals surface area contributed by atoms with Crippen molar-refractivity contribution in [2.24, 2.45) is 17.8 Å². The molecule has 4 heteroatoms. The number of esters is 1. The maximum Gasteiger partial charge on any atom is 0.311 e. The van der Waals surface area contributed by atoms with E-state index in [4.69, 9.17) is 4.74 Å². The van der Waals surface area contributed by atoms with E-state index >= 15 is 0 Å². The molecule has 2 aromatic rings. The van der Waals surface area contributed by atoms with Crippen LogP contribution in [-0.4, -0.2) is 18.9 Å². The fourth-order valence-corrected chi connectivity index (χ4v) is 4.76. The third-order valence-electron chi connectivity index (χ3n) is 6.37. The molecule has 2 saturated carbocycles. The van der Waals surface area contributed by atoms with Crippen LogP contribution in [0.2, 0.25) is 0 Å². The van der Waals surface area contributed by atoms with E-state index in [0.717, 1.165) is 23.1 Å². The number of hydrogen-bond donors (Lipinski definition) is 0. The van der Waals surface area contributed by atoms with E-state index < -0.39 is 0 Å². The number of ether oxygens (including phenoxy) is 1. The molecule has 0 radical (unpaired) electrons. The van der Waals surface area contributed by atoms with Crippen LogP contribution in [0.15, 0.2) is 48.5 Å². The first-order valence-corrected chi connectivity index (χ1v) is 10.1. The summed E-state index contributed by atoms with van der Waals surface area (Å²) in [5.41, 5.74) is 2.53. The van der Waals surface area contributed by atoms with Crippen LogP contribution in [0.4, 0.5) is 5.69 Å². The van der Waals surface area contributed by atoms with Gasteiger partial charge in [-0.1, -0.05) is 24.1 Å². The minimum Gasteiger partial charge on any atom is -0.427 e. The highest BCUT2D eigenvalue weighted by Crippen LogP contribution is 2.49. The second-order valence-corrected chi connectivity index (χ2v) is 8.34. The molecule has 0 saturated heterocycles. The summed E-state index contributed by atoms with van der Waals surface area (Å²) in [6, 6.07) is 14.7. The first kappa shape index (κ1) is 18.7. The number of hydrogen-bond acceptors (Lipinski definition) is 3. The number of carbonyl (C=O) groups is 2. The van der Waals surface area contributed by atoms with Gasteiger partial charge in [0, 0.05) is 24.7 Å².